The van der Waals surface area contributed by atoms with E-state index in [0.29, 0.717) is 19.1 Å². The highest BCUT2D eigenvalue weighted by atomic mass is 19.1. The summed E-state index contributed by atoms with van der Waals surface area (Å²) in [6.45, 7) is 9.90. The number of hydrogen-bond acceptors (Lipinski definition) is 2. The Kier molecular flexibility index (Phi) is 14.3. The first kappa shape index (κ1) is 26.1. The van der Waals surface area contributed by atoms with E-state index in [1.165, 1.54) is 63.4 Å². The monoisotopic (exact) mass is 408 g/mol. The van der Waals surface area contributed by atoms with E-state index >= 15 is 0 Å². The first-order valence-electron chi connectivity index (χ1n) is 12.1. The SMILES string of the molecule is CCCCCCCCC(CCCCCc1ccc(F)cc1)C(C)(OCC)OCC. The van der Waals surface area contributed by atoms with E-state index in [-0.39, 0.29) is 5.82 Å². The molecule has 0 saturated carbocycles. The molecule has 0 aromatic heterocycles. The molecule has 0 N–H and O–H groups in total. The van der Waals surface area contributed by atoms with Crippen molar-refractivity contribution in [3.05, 3.63) is 35.6 Å². The molecule has 0 heterocycles. The van der Waals surface area contributed by atoms with Crippen molar-refractivity contribution in [1.29, 1.82) is 0 Å². The molecule has 168 valence electrons. The summed E-state index contributed by atoms with van der Waals surface area (Å²) in [7, 11) is 0. The summed E-state index contributed by atoms with van der Waals surface area (Å²) in [5, 5.41) is 0. The van der Waals surface area contributed by atoms with Crippen molar-refractivity contribution in [1.82, 2.24) is 0 Å². The molecule has 2 nitrogen and oxygen atoms in total. The average Bonchev–Trinajstić information content (AvgIpc) is 2.70. The minimum Gasteiger partial charge on any atom is -0.350 e. The molecular formula is C26H45FO2. The summed E-state index contributed by atoms with van der Waals surface area (Å²) in [6.07, 6.45) is 14.8. The van der Waals surface area contributed by atoms with E-state index in [1.807, 2.05) is 12.1 Å². The molecule has 0 saturated heterocycles. The minimum absolute atomic E-state index is 0.155. The van der Waals surface area contributed by atoms with Crippen molar-refractivity contribution in [3.8, 4) is 0 Å². The van der Waals surface area contributed by atoms with Crippen LogP contribution >= 0.6 is 0 Å². The predicted octanol–water partition coefficient (Wildman–Crippen LogP) is 8.08. The van der Waals surface area contributed by atoms with Gasteiger partial charge in [-0.1, -0.05) is 70.4 Å². The van der Waals surface area contributed by atoms with Gasteiger partial charge in [-0.3, -0.25) is 0 Å². The zero-order valence-corrected chi connectivity index (χ0v) is 19.5. The second-order valence-electron chi connectivity index (χ2n) is 8.36. The number of benzene rings is 1. The van der Waals surface area contributed by atoms with Crippen LogP contribution in [0.4, 0.5) is 4.39 Å². The largest absolute Gasteiger partial charge is 0.350 e. The van der Waals surface area contributed by atoms with Gasteiger partial charge in [0.05, 0.1) is 0 Å². The van der Waals surface area contributed by atoms with Gasteiger partial charge in [-0.05, 0) is 64.2 Å². The third-order valence-electron chi connectivity index (χ3n) is 5.94. The third-order valence-corrected chi connectivity index (χ3v) is 5.94. The van der Waals surface area contributed by atoms with Crippen molar-refractivity contribution in [3.63, 3.8) is 0 Å². The number of rotatable bonds is 18. The Balaban J connectivity index is 2.45. The van der Waals surface area contributed by atoms with Crippen molar-refractivity contribution in [2.75, 3.05) is 13.2 Å². The van der Waals surface area contributed by atoms with Gasteiger partial charge >= 0.3 is 0 Å². The van der Waals surface area contributed by atoms with Gasteiger partial charge < -0.3 is 9.47 Å². The summed E-state index contributed by atoms with van der Waals surface area (Å²) in [6, 6.07) is 6.92. The standard InChI is InChI=1S/C26H45FO2/c1-5-8-9-10-11-14-17-24(26(4,28-6-2)29-7-3)18-15-12-13-16-23-19-21-25(27)22-20-23/h19-22,24H,5-18H2,1-4H3. The van der Waals surface area contributed by atoms with Gasteiger partial charge in [-0.15, -0.1) is 0 Å². The average molecular weight is 409 g/mol. The Hall–Kier alpha value is -0.930. The molecule has 0 amide bonds. The van der Waals surface area contributed by atoms with Gasteiger partial charge in [0.1, 0.15) is 5.82 Å². The molecule has 1 aromatic carbocycles. The first-order valence-corrected chi connectivity index (χ1v) is 12.1. The van der Waals surface area contributed by atoms with E-state index in [2.05, 4.69) is 27.7 Å². The summed E-state index contributed by atoms with van der Waals surface area (Å²) in [5.74, 6) is -0.180. The Morgan fingerprint density at radius 2 is 1.28 bits per heavy atom. The van der Waals surface area contributed by atoms with Crippen LogP contribution in [0.3, 0.4) is 0 Å². The van der Waals surface area contributed by atoms with Gasteiger partial charge in [-0.25, -0.2) is 4.39 Å². The zero-order chi connectivity index (χ0) is 21.4. The molecule has 3 heteroatoms. The Morgan fingerprint density at radius 1 is 0.759 bits per heavy atom. The van der Waals surface area contributed by atoms with Crippen molar-refractivity contribution in [2.24, 2.45) is 5.92 Å². The van der Waals surface area contributed by atoms with Crippen LogP contribution in [0, 0.1) is 11.7 Å². The molecular weight excluding hydrogens is 363 g/mol. The summed E-state index contributed by atoms with van der Waals surface area (Å²) in [5.41, 5.74) is 1.23. The second-order valence-corrected chi connectivity index (χ2v) is 8.36. The molecule has 0 aliphatic rings. The topological polar surface area (TPSA) is 18.5 Å². The lowest BCUT2D eigenvalue weighted by atomic mass is 9.87. The van der Waals surface area contributed by atoms with Crippen LogP contribution in [0.25, 0.3) is 0 Å². The van der Waals surface area contributed by atoms with Gasteiger partial charge in [0, 0.05) is 19.1 Å². The predicted molar refractivity (Wildman–Crippen MR) is 122 cm³/mol. The number of ether oxygens (including phenoxy) is 2. The highest BCUT2D eigenvalue weighted by Crippen LogP contribution is 2.33. The maximum atomic E-state index is 13.0. The highest BCUT2D eigenvalue weighted by Gasteiger charge is 2.34. The van der Waals surface area contributed by atoms with Crippen LogP contribution < -0.4 is 0 Å². The normalized spacial score (nSPS) is 13.0. The first-order chi connectivity index (χ1) is 14.1. The fraction of sp³-hybridized carbons (Fsp3) is 0.769. The maximum Gasteiger partial charge on any atom is 0.168 e. The van der Waals surface area contributed by atoms with Crippen molar-refractivity contribution >= 4 is 0 Å². The van der Waals surface area contributed by atoms with Crippen molar-refractivity contribution < 1.29 is 13.9 Å². The number of halogens is 1. The van der Waals surface area contributed by atoms with Gasteiger partial charge in [0.15, 0.2) is 5.79 Å². The van der Waals surface area contributed by atoms with E-state index in [0.717, 1.165) is 19.3 Å². The van der Waals surface area contributed by atoms with Crippen LogP contribution in [0.2, 0.25) is 0 Å². The number of aryl methyl sites for hydroxylation is 1. The molecule has 0 aliphatic heterocycles. The van der Waals surface area contributed by atoms with Crippen LogP contribution in [0.1, 0.15) is 104 Å². The molecule has 0 aliphatic carbocycles. The summed E-state index contributed by atoms with van der Waals surface area (Å²) >= 11 is 0. The molecule has 1 unspecified atom stereocenters. The van der Waals surface area contributed by atoms with Crippen LogP contribution in [-0.4, -0.2) is 19.0 Å². The van der Waals surface area contributed by atoms with Gasteiger partial charge in [0.2, 0.25) is 0 Å². The van der Waals surface area contributed by atoms with E-state index in [1.54, 1.807) is 12.1 Å². The van der Waals surface area contributed by atoms with E-state index < -0.39 is 5.79 Å². The minimum atomic E-state index is -0.468. The molecule has 0 fully saturated rings. The number of hydrogen-bond donors (Lipinski definition) is 0. The molecule has 0 spiro atoms. The molecule has 0 bridgehead atoms. The fourth-order valence-electron chi connectivity index (χ4n) is 4.24. The second kappa shape index (κ2) is 15.8. The summed E-state index contributed by atoms with van der Waals surface area (Å²) in [4.78, 5) is 0. The van der Waals surface area contributed by atoms with Gasteiger partial charge in [-0.2, -0.15) is 0 Å². The Morgan fingerprint density at radius 3 is 1.83 bits per heavy atom. The molecule has 1 aromatic rings. The Bertz CT molecular complexity index is 494. The fourth-order valence-corrected chi connectivity index (χ4v) is 4.24. The molecule has 29 heavy (non-hydrogen) atoms. The highest BCUT2D eigenvalue weighted by molar-refractivity contribution is 5.15. The Labute approximate surface area is 179 Å². The van der Waals surface area contributed by atoms with Crippen LogP contribution in [-0.2, 0) is 15.9 Å². The van der Waals surface area contributed by atoms with Crippen LogP contribution in [0.5, 0.6) is 0 Å². The molecule has 1 rings (SSSR count). The maximum absolute atomic E-state index is 13.0. The number of unbranched alkanes of at least 4 members (excludes halogenated alkanes) is 7. The lowest BCUT2D eigenvalue weighted by Gasteiger charge is -2.37. The van der Waals surface area contributed by atoms with Crippen LogP contribution in [0.15, 0.2) is 24.3 Å². The molecule has 0 radical (unpaired) electrons. The lowest BCUT2D eigenvalue weighted by molar-refractivity contribution is -0.254. The van der Waals surface area contributed by atoms with E-state index in [4.69, 9.17) is 9.47 Å². The smallest absolute Gasteiger partial charge is 0.168 e. The van der Waals surface area contributed by atoms with Gasteiger partial charge in [0.25, 0.3) is 0 Å². The third kappa shape index (κ3) is 11.1. The van der Waals surface area contributed by atoms with E-state index in [9.17, 15) is 4.39 Å². The van der Waals surface area contributed by atoms with Crippen molar-refractivity contribution in [2.45, 2.75) is 111 Å². The zero-order valence-electron chi connectivity index (χ0n) is 19.5. The molecule has 1 atom stereocenters. The quantitative estimate of drug-likeness (QED) is 0.180. The lowest BCUT2D eigenvalue weighted by Crippen LogP contribution is -2.41. The summed E-state index contributed by atoms with van der Waals surface area (Å²) < 4.78 is 25.2.